The molecule has 0 bridgehead atoms. The van der Waals surface area contributed by atoms with Gasteiger partial charge < -0.3 is 19.9 Å². The summed E-state index contributed by atoms with van der Waals surface area (Å²) in [7, 11) is 0. The molecule has 0 aromatic heterocycles. The molecule has 0 radical (unpaired) electrons. The fraction of sp³-hybridized carbons (Fsp3) is 0.440. The Morgan fingerprint density at radius 2 is 1.69 bits per heavy atom. The number of likely N-dealkylation sites (tertiary alicyclic amines) is 1. The summed E-state index contributed by atoms with van der Waals surface area (Å²) in [5.74, 6) is -0.556. The number of rotatable bonds is 11. The number of benzene rings is 2. The molecule has 10 heteroatoms. The van der Waals surface area contributed by atoms with Crippen LogP contribution in [0.2, 0.25) is 0 Å². The van der Waals surface area contributed by atoms with E-state index in [1.165, 1.54) is 12.1 Å². The third-order valence-electron chi connectivity index (χ3n) is 6.40. The zero-order chi connectivity index (χ0) is 25.0. The summed E-state index contributed by atoms with van der Waals surface area (Å²) in [5.41, 5.74) is 1.72. The lowest BCUT2D eigenvalue weighted by atomic mass is 10.0. The Hall–Kier alpha value is -3.29. The lowest BCUT2D eigenvalue weighted by Crippen LogP contribution is -2.33. The largest absolute Gasteiger partial charge is 0.573 e. The smallest absolute Gasteiger partial charge is 0.492 e. The molecule has 7 nitrogen and oxygen atoms in total. The summed E-state index contributed by atoms with van der Waals surface area (Å²) in [6, 6.07) is 15.3. The van der Waals surface area contributed by atoms with Gasteiger partial charge >= 0.3 is 12.3 Å². The Labute approximate surface area is 201 Å². The predicted octanol–water partition coefficient (Wildman–Crippen LogP) is 3.45. The lowest BCUT2D eigenvalue weighted by Gasteiger charge is -2.20. The fourth-order valence-electron chi connectivity index (χ4n) is 4.64. The number of nitriles is 1. The van der Waals surface area contributed by atoms with Gasteiger partial charge in [0.25, 0.3) is 0 Å². The molecule has 1 saturated carbocycles. The molecule has 2 aliphatic rings. The number of fused-ring (bicyclic) bond motifs is 1. The minimum atomic E-state index is -4.68. The van der Waals surface area contributed by atoms with E-state index in [-0.39, 0.29) is 12.2 Å². The van der Waals surface area contributed by atoms with E-state index in [4.69, 9.17) is 15.1 Å². The third kappa shape index (κ3) is 6.87. The molecule has 4 atom stereocenters. The highest BCUT2D eigenvalue weighted by atomic mass is 19.4. The fourth-order valence-corrected chi connectivity index (χ4v) is 4.64. The van der Waals surface area contributed by atoms with Crippen LogP contribution in [0.1, 0.15) is 11.1 Å². The monoisotopic (exact) mass is 489 g/mol. The van der Waals surface area contributed by atoms with Gasteiger partial charge in [0.15, 0.2) is 0 Å². The van der Waals surface area contributed by atoms with E-state index in [1.807, 2.05) is 0 Å². The van der Waals surface area contributed by atoms with Crippen LogP contribution in [-0.2, 0) is 17.8 Å². The molecule has 2 fully saturated rings. The van der Waals surface area contributed by atoms with Crippen molar-refractivity contribution in [1.29, 1.82) is 5.26 Å². The third-order valence-corrected chi connectivity index (χ3v) is 6.40. The number of hydrogen-bond acceptors (Lipinski definition) is 6. The van der Waals surface area contributed by atoms with Gasteiger partial charge in [0.1, 0.15) is 24.0 Å². The van der Waals surface area contributed by atoms with Gasteiger partial charge in [-0.3, -0.25) is 9.69 Å². The van der Waals surface area contributed by atoms with Crippen molar-refractivity contribution >= 4 is 5.97 Å². The van der Waals surface area contributed by atoms with E-state index >= 15 is 0 Å². The second-order valence-corrected chi connectivity index (χ2v) is 8.91. The highest BCUT2D eigenvalue weighted by Crippen LogP contribution is 2.45. The van der Waals surface area contributed by atoms with E-state index < -0.39 is 18.2 Å². The van der Waals surface area contributed by atoms with Gasteiger partial charge in [-0.2, -0.15) is 5.26 Å². The summed E-state index contributed by atoms with van der Waals surface area (Å²) in [6.45, 7) is 3.81. The number of nitrogens with zero attached hydrogens (tertiary/aromatic N) is 2. The van der Waals surface area contributed by atoms with Crippen LogP contribution in [0.5, 0.6) is 11.5 Å². The summed E-state index contributed by atoms with van der Waals surface area (Å²) in [4.78, 5) is 13.3. The van der Waals surface area contributed by atoms with Crippen LogP contribution in [0.3, 0.4) is 0 Å². The number of alkyl halides is 3. The average Bonchev–Trinajstić information content (AvgIpc) is 3.26. The van der Waals surface area contributed by atoms with E-state index in [0.717, 1.165) is 24.2 Å². The molecule has 186 valence electrons. The molecule has 2 N–H and O–H groups in total. The molecular weight excluding hydrogens is 463 g/mol. The normalized spacial score (nSPS) is 22.2. The van der Waals surface area contributed by atoms with Crippen molar-refractivity contribution in [3.8, 4) is 17.6 Å². The molecule has 35 heavy (non-hydrogen) atoms. The van der Waals surface area contributed by atoms with Crippen molar-refractivity contribution in [2.75, 3.05) is 26.2 Å². The van der Waals surface area contributed by atoms with Gasteiger partial charge in [0.2, 0.25) is 0 Å². The minimum absolute atomic E-state index is 0.160. The highest BCUT2D eigenvalue weighted by molar-refractivity contribution is 5.73. The molecule has 1 aliphatic heterocycles. The first kappa shape index (κ1) is 24.8. The van der Waals surface area contributed by atoms with Crippen LogP contribution in [-0.4, -0.2) is 54.6 Å². The van der Waals surface area contributed by atoms with Crippen LogP contribution < -0.4 is 14.8 Å². The minimum Gasteiger partial charge on any atom is -0.492 e. The summed E-state index contributed by atoms with van der Waals surface area (Å²) >= 11 is 0. The number of piperidine rings is 1. The zero-order valence-electron chi connectivity index (χ0n) is 18.9. The van der Waals surface area contributed by atoms with E-state index in [2.05, 4.69) is 15.0 Å². The second kappa shape index (κ2) is 10.5. The number of aliphatic carboxylic acids is 1. The van der Waals surface area contributed by atoms with Crippen molar-refractivity contribution in [3.63, 3.8) is 0 Å². The molecule has 1 aliphatic carbocycles. The Kier molecular flexibility index (Phi) is 7.48. The molecule has 0 spiro atoms. The topological polar surface area (TPSA) is 94.8 Å². The number of ether oxygens (including phenoxy) is 2. The standard InChI is InChI=1S/C25H26F3N3O4/c26-25(27,28)35-20-7-3-17(4-8-20)13-31-14-21-22(15-31)23(21)30-9-10-34-19-5-1-16(2-6-19)11-18(12-29)24(32)33/h1-8,18,21-23,30H,9-11,13-15H2,(H,32,33)/t18-,21-,22?,23+/m0/s1. The van der Waals surface area contributed by atoms with Crippen LogP contribution in [0.4, 0.5) is 13.2 Å². The van der Waals surface area contributed by atoms with E-state index in [1.54, 1.807) is 42.5 Å². The maximum Gasteiger partial charge on any atom is 0.573 e. The predicted molar refractivity (Wildman–Crippen MR) is 120 cm³/mol. The number of carboxylic acid groups (broad SMARTS) is 1. The van der Waals surface area contributed by atoms with Crippen LogP contribution in [0.15, 0.2) is 48.5 Å². The Morgan fingerprint density at radius 3 is 2.26 bits per heavy atom. The maximum absolute atomic E-state index is 12.3. The first-order chi connectivity index (χ1) is 16.7. The quantitative estimate of drug-likeness (QED) is 0.467. The van der Waals surface area contributed by atoms with Crippen LogP contribution >= 0.6 is 0 Å². The van der Waals surface area contributed by atoms with E-state index in [0.29, 0.717) is 43.3 Å². The Morgan fingerprint density at radius 1 is 1.09 bits per heavy atom. The number of carboxylic acids is 1. The van der Waals surface area contributed by atoms with Gasteiger partial charge in [0, 0.05) is 32.2 Å². The van der Waals surface area contributed by atoms with Gasteiger partial charge in [-0.1, -0.05) is 24.3 Å². The SMILES string of the molecule is N#C[C@H](Cc1ccc(OCCN[C@H]2C3CN(Cc4ccc(OC(F)(F)F)cc4)C[C@@H]32)cc1)C(=O)O. The van der Waals surface area contributed by atoms with Gasteiger partial charge in [-0.15, -0.1) is 13.2 Å². The van der Waals surface area contributed by atoms with Gasteiger partial charge in [0.05, 0.1) is 6.07 Å². The summed E-state index contributed by atoms with van der Waals surface area (Å²) in [6.07, 6.45) is -4.52. The Bertz CT molecular complexity index is 1040. The number of halogens is 3. The molecule has 2 aromatic rings. The summed E-state index contributed by atoms with van der Waals surface area (Å²) < 4.78 is 46.5. The van der Waals surface area contributed by atoms with Crippen molar-refractivity contribution in [1.82, 2.24) is 10.2 Å². The number of carbonyl (C=O) groups is 1. The Balaban J connectivity index is 1.11. The molecule has 1 heterocycles. The molecule has 1 saturated heterocycles. The average molecular weight is 489 g/mol. The van der Waals surface area contributed by atoms with Gasteiger partial charge in [-0.05, 0) is 53.6 Å². The van der Waals surface area contributed by atoms with Crippen LogP contribution in [0.25, 0.3) is 0 Å². The van der Waals surface area contributed by atoms with Crippen molar-refractivity contribution in [2.24, 2.45) is 17.8 Å². The van der Waals surface area contributed by atoms with Crippen molar-refractivity contribution in [3.05, 3.63) is 59.7 Å². The van der Waals surface area contributed by atoms with E-state index in [9.17, 15) is 18.0 Å². The first-order valence-corrected chi connectivity index (χ1v) is 11.4. The number of hydrogen-bond donors (Lipinski definition) is 2. The molecule has 1 unspecified atom stereocenters. The molecule has 2 aromatic carbocycles. The van der Waals surface area contributed by atoms with Crippen LogP contribution in [0, 0.1) is 29.1 Å². The van der Waals surface area contributed by atoms with Crippen molar-refractivity contribution in [2.45, 2.75) is 25.4 Å². The number of nitrogens with one attached hydrogen (secondary N) is 1. The molecule has 0 amide bonds. The second-order valence-electron chi connectivity index (χ2n) is 8.91. The zero-order valence-corrected chi connectivity index (χ0v) is 18.9. The van der Waals surface area contributed by atoms with Crippen molar-refractivity contribution < 1.29 is 32.5 Å². The lowest BCUT2D eigenvalue weighted by molar-refractivity contribution is -0.274. The highest BCUT2D eigenvalue weighted by Gasteiger charge is 2.55. The first-order valence-electron chi connectivity index (χ1n) is 11.4. The summed E-state index contributed by atoms with van der Waals surface area (Å²) in [5, 5.41) is 21.4. The maximum atomic E-state index is 12.3. The molecular formula is C25H26F3N3O4. The molecule has 4 rings (SSSR count). The van der Waals surface area contributed by atoms with Gasteiger partial charge in [-0.25, -0.2) is 0 Å².